The van der Waals surface area contributed by atoms with Gasteiger partial charge in [0.2, 0.25) is 0 Å². The van der Waals surface area contributed by atoms with Crippen LogP contribution < -0.4 is 11.5 Å². The lowest BCUT2D eigenvalue weighted by Gasteiger charge is -2.06. The van der Waals surface area contributed by atoms with Gasteiger partial charge in [-0.1, -0.05) is 24.3 Å². The van der Waals surface area contributed by atoms with Crippen molar-refractivity contribution in [2.24, 2.45) is 11.5 Å². The Morgan fingerprint density at radius 2 is 1.05 bits per heavy atom. The van der Waals surface area contributed by atoms with Crippen LogP contribution in [-0.2, 0) is 0 Å². The zero-order chi connectivity index (χ0) is 16.3. The number of benzene rings is 2. The van der Waals surface area contributed by atoms with E-state index in [-0.39, 0.29) is 34.4 Å². The summed E-state index contributed by atoms with van der Waals surface area (Å²) in [6.07, 6.45) is 2.78. The van der Waals surface area contributed by atoms with Gasteiger partial charge in [-0.2, -0.15) is 0 Å². The molecule has 0 radical (unpaired) electrons. The summed E-state index contributed by atoms with van der Waals surface area (Å²) in [6, 6.07) is 8.89. The van der Waals surface area contributed by atoms with Gasteiger partial charge in [0.25, 0.3) is 0 Å². The first-order valence-electron chi connectivity index (χ1n) is 6.36. The van der Waals surface area contributed by atoms with Crippen molar-refractivity contribution < 1.29 is 20.4 Å². The summed E-state index contributed by atoms with van der Waals surface area (Å²) in [5.74, 6) is -1.15. The molecule has 114 valence electrons. The molecule has 2 aromatic carbocycles. The molecule has 0 heterocycles. The molecule has 2 rings (SSSR count). The maximum Gasteiger partial charge on any atom is 0.164 e. The summed E-state index contributed by atoms with van der Waals surface area (Å²) < 4.78 is 0. The molecule has 0 fully saturated rings. The summed E-state index contributed by atoms with van der Waals surface area (Å²) in [7, 11) is 0. The van der Waals surface area contributed by atoms with Gasteiger partial charge in [0.1, 0.15) is 0 Å². The number of aromatic hydroxyl groups is 4. The summed E-state index contributed by atoms with van der Waals surface area (Å²) >= 11 is 0. The Bertz CT molecular complexity index is 701. The summed E-state index contributed by atoms with van der Waals surface area (Å²) in [5, 5.41) is 38.3. The molecule has 0 atom stereocenters. The molecule has 0 aliphatic rings. The maximum absolute atomic E-state index is 9.71. The van der Waals surface area contributed by atoms with Crippen LogP contribution in [-0.4, -0.2) is 20.4 Å². The van der Waals surface area contributed by atoms with Crippen LogP contribution in [0.4, 0.5) is 0 Å². The van der Waals surface area contributed by atoms with Gasteiger partial charge >= 0.3 is 0 Å². The first kappa shape index (κ1) is 15.1. The van der Waals surface area contributed by atoms with Crippen LogP contribution in [0.3, 0.4) is 0 Å². The quantitative estimate of drug-likeness (QED) is 0.378. The average Bonchev–Trinajstić information content (AvgIpc) is 2.48. The van der Waals surface area contributed by atoms with Crippen LogP contribution in [0.25, 0.3) is 12.2 Å². The molecule has 0 spiro atoms. The molecule has 2 aromatic rings. The predicted molar refractivity (Wildman–Crippen MR) is 83.9 cm³/mol. The molecular weight excluding hydrogens is 284 g/mol. The largest absolute Gasteiger partial charge is 0.504 e. The van der Waals surface area contributed by atoms with Gasteiger partial charge in [-0.15, -0.1) is 0 Å². The highest BCUT2D eigenvalue weighted by Gasteiger charge is 2.07. The number of nitrogens with two attached hydrogens (primary N) is 2. The average molecular weight is 300 g/mol. The Balaban J connectivity index is 2.38. The van der Waals surface area contributed by atoms with E-state index in [2.05, 4.69) is 0 Å². The van der Waals surface area contributed by atoms with E-state index >= 15 is 0 Å². The number of para-hydroxylation sites is 2. The zero-order valence-electron chi connectivity index (χ0n) is 11.6. The highest BCUT2D eigenvalue weighted by Crippen LogP contribution is 2.31. The fraction of sp³-hybridized carbons (Fsp3) is 0. The highest BCUT2D eigenvalue weighted by molar-refractivity contribution is 5.70. The van der Waals surface area contributed by atoms with Crippen LogP contribution in [0.1, 0.15) is 11.1 Å². The molecule has 0 amide bonds. The SMILES string of the molecule is NC(=C\c1cccc(O)c1O)/C(N)=C/c1cccc(O)c1O. The number of phenols is 4. The Morgan fingerprint density at radius 3 is 1.41 bits per heavy atom. The lowest BCUT2D eigenvalue weighted by molar-refractivity contribution is 0.403. The second-order valence-electron chi connectivity index (χ2n) is 4.63. The molecule has 6 heteroatoms. The molecule has 0 saturated carbocycles. The van der Waals surface area contributed by atoms with Gasteiger partial charge in [0, 0.05) is 11.1 Å². The Labute approximate surface area is 126 Å². The highest BCUT2D eigenvalue weighted by atomic mass is 16.3. The Morgan fingerprint density at radius 1 is 0.682 bits per heavy atom. The zero-order valence-corrected chi connectivity index (χ0v) is 11.6. The Hall–Kier alpha value is -3.28. The van der Waals surface area contributed by atoms with Gasteiger partial charge in [-0.3, -0.25) is 0 Å². The second-order valence-corrected chi connectivity index (χ2v) is 4.63. The van der Waals surface area contributed by atoms with E-state index in [4.69, 9.17) is 11.5 Å². The van der Waals surface area contributed by atoms with Gasteiger partial charge < -0.3 is 31.9 Å². The fourth-order valence-electron chi connectivity index (χ4n) is 1.83. The van der Waals surface area contributed by atoms with Crippen molar-refractivity contribution in [3.8, 4) is 23.0 Å². The minimum atomic E-state index is -0.307. The smallest absolute Gasteiger partial charge is 0.164 e. The minimum Gasteiger partial charge on any atom is -0.504 e. The molecule has 8 N–H and O–H groups in total. The fourth-order valence-corrected chi connectivity index (χ4v) is 1.83. The monoisotopic (exact) mass is 300 g/mol. The maximum atomic E-state index is 9.71. The third kappa shape index (κ3) is 3.06. The molecule has 6 nitrogen and oxygen atoms in total. The van der Waals surface area contributed by atoms with Gasteiger partial charge in [-0.25, -0.2) is 0 Å². The van der Waals surface area contributed by atoms with E-state index in [0.29, 0.717) is 11.1 Å². The van der Waals surface area contributed by atoms with E-state index < -0.39 is 0 Å². The summed E-state index contributed by atoms with van der Waals surface area (Å²) in [5.41, 5.74) is 12.5. The third-order valence-electron chi connectivity index (χ3n) is 3.05. The molecule has 22 heavy (non-hydrogen) atoms. The molecule has 0 saturated heterocycles. The van der Waals surface area contributed by atoms with Gasteiger partial charge in [0.15, 0.2) is 23.0 Å². The van der Waals surface area contributed by atoms with E-state index in [1.807, 2.05) is 0 Å². The molecular formula is C16H16N2O4. The van der Waals surface area contributed by atoms with Crippen molar-refractivity contribution in [1.29, 1.82) is 0 Å². The number of hydrogen-bond acceptors (Lipinski definition) is 6. The normalized spacial score (nSPS) is 12.4. The molecule has 0 aliphatic carbocycles. The minimum absolute atomic E-state index is 0.128. The van der Waals surface area contributed by atoms with Crippen molar-refractivity contribution in [2.75, 3.05) is 0 Å². The number of phenolic OH excluding ortho intramolecular Hbond substituents is 4. The van der Waals surface area contributed by atoms with E-state index in [9.17, 15) is 20.4 Å². The van der Waals surface area contributed by atoms with E-state index in [1.54, 1.807) is 24.3 Å². The first-order valence-corrected chi connectivity index (χ1v) is 6.36. The van der Waals surface area contributed by atoms with Crippen LogP contribution in [0, 0.1) is 0 Å². The number of rotatable bonds is 3. The van der Waals surface area contributed by atoms with Crippen LogP contribution in [0.5, 0.6) is 23.0 Å². The molecule has 0 aliphatic heterocycles. The van der Waals surface area contributed by atoms with E-state index in [0.717, 1.165) is 0 Å². The van der Waals surface area contributed by atoms with Gasteiger partial charge in [0.05, 0.1) is 11.4 Å². The predicted octanol–water partition coefficient (Wildman–Crippen LogP) is 1.81. The molecule has 0 aromatic heterocycles. The Kier molecular flexibility index (Phi) is 4.13. The van der Waals surface area contributed by atoms with Crippen LogP contribution in [0.2, 0.25) is 0 Å². The van der Waals surface area contributed by atoms with Gasteiger partial charge in [-0.05, 0) is 24.3 Å². The van der Waals surface area contributed by atoms with Crippen molar-refractivity contribution in [3.05, 3.63) is 58.9 Å². The molecule has 0 unspecified atom stereocenters. The second kappa shape index (κ2) is 6.01. The van der Waals surface area contributed by atoms with Crippen molar-refractivity contribution in [1.82, 2.24) is 0 Å². The summed E-state index contributed by atoms with van der Waals surface area (Å²) in [4.78, 5) is 0. The lowest BCUT2D eigenvalue weighted by Crippen LogP contribution is -2.08. The van der Waals surface area contributed by atoms with Crippen LogP contribution in [0.15, 0.2) is 47.8 Å². The summed E-state index contributed by atoms with van der Waals surface area (Å²) in [6.45, 7) is 0. The standard InChI is InChI=1S/C16H16N2O4/c17-11(7-9-3-1-5-13(19)15(9)21)12(18)8-10-4-2-6-14(20)16(10)22/h1-8,19-22H,17-18H2/b11-7-,12-8-. The lowest BCUT2D eigenvalue weighted by atomic mass is 10.1. The van der Waals surface area contributed by atoms with Crippen LogP contribution >= 0.6 is 0 Å². The van der Waals surface area contributed by atoms with Crippen molar-refractivity contribution in [3.63, 3.8) is 0 Å². The first-order chi connectivity index (χ1) is 10.4. The third-order valence-corrected chi connectivity index (χ3v) is 3.05. The number of hydrogen-bond donors (Lipinski definition) is 6. The van der Waals surface area contributed by atoms with Crippen molar-refractivity contribution >= 4 is 12.2 Å². The van der Waals surface area contributed by atoms with Crippen molar-refractivity contribution in [2.45, 2.75) is 0 Å². The topological polar surface area (TPSA) is 133 Å². The van der Waals surface area contributed by atoms with E-state index in [1.165, 1.54) is 24.3 Å². The molecule has 0 bridgehead atoms.